The smallest absolute Gasteiger partial charge is 0.265 e. The summed E-state index contributed by atoms with van der Waals surface area (Å²) >= 11 is 0. The molecule has 0 atom stereocenters. The topological polar surface area (TPSA) is 74.8 Å². The summed E-state index contributed by atoms with van der Waals surface area (Å²) in [6, 6.07) is 5.82. The molecule has 0 saturated carbocycles. The minimum atomic E-state index is -3.58. The van der Waals surface area contributed by atoms with Gasteiger partial charge in [-0.2, -0.15) is 5.10 Å². The Balaban J connectivity index is 1.98. The molecular weight excluding hydrogens is 274 g/mol. The highest BCUT2D eigenvalue weighted by atomic mass is 32.2. The zero-order valence-corrected chi connectivity index (χ0v) is 12.1. The number of H-pyrrole nitrogens is 1. The van der Waals surface area contributed by atoms with E-state index >= 15 is 0 Å². The zero-order valence-electron chi connectivity index (χ0n) is 11.3. The summed E-state index contributed by atoms with van der Waals surface area (Å²) in [6.07, 6.45) is 5.57. The summed E-state index contributed by atoms with van der Waals surface area (Å²) in [5, 5.41) is 6.43. The van der Waals surface area contributed by atoms with E-state index in [-0.39, 0.29) is 4.90 Å². The number of anilines is 1. The number of nitrogens with one attached hydrogen (secondary N) is 2. The Morgan fingerprint density at radius 1 is 1.25 bits per heavy atom. The van der Waals surface area contributed by atoms with Gasteiger partial charge in [-0.05, 0) is 49.8 Å². The maximum atomic E-state index is 12.4. The second-order valence-corrected chi connectivity index (χ2v) is 6.77. The monoisotopic (exact) mass is 291 g/mol. The van der Waals surface area contributed by atoms with E-state index < -0.39 is 10.0 Å². The summed E-state index contributed by atoms with van der Waals surface area (Å²) < 4.78 is 27.5. The van der Waals surface area contributed by atoms with Gasteiger partial charge < -0.3 is 0 Å². The van der Waals surface area contributed by atoms with Crippen molar-refractivity contribution in [3.8, 4) is 0 Å². The summed E-state index contributed by atoms with van der Waals surface area (Å²) in [5.41, 5.74) is 3.62. The maximum absolute atomic E-state index is 12.4. The molecule has 3 rings (SSSR count). The summed E-state index contributed by atoms with van der Waals surface area (Å²) in [4.78, 5) is 0.200. The molecule has 1 aliphatic rings. The lowest BCUT2D eigenvalue weighted by molar-refractivity contribution is 0.600. The minimum Gasteiger partial charge on any atom is -0.281 e. The molecule has 1 aliphatic carbocycles. The third kappa shape index (κ3) is 2.31. The van der Waals surface area contributed by atoms with Crippen LogP contribution >= 0.6 is 0 Å². The van der Waals surface area contributed by atoms with Gasteiger partial charge >= 0.3 is 0 Å². The normalized spacial score (nSPS) is 14.8. The number of sulfonamides is 1. The Bertz CT molecular complexity index is 735. The molecule has 0 fully saturated rings. The van der Waals surface area contributed by atoms with Gasteiger partial charge in [0.25, 0.3) is 10.0 Å². The van der Waals surface area contributed by atoms with Crippen molar-refractivity contribution in [1.82, 2.24) is 10.2 Å². The quantitative estimate of drug-likeness (QED) is 0.911. The number of hydrogen-bond acceptors (Lipinski definition) is 3. The summed E-state index contributed by atoms with van der Waals surface area (Å²) in [7, 11) is -3.58. The maximum Gasteiger partial charge on any atom is 0.265 e. The van der Waals surface area contributed by atoms with Crippen molar-refractivity contribution in [1.29, 1.82) is 0 Å². The van der Waals surface area contributed by atoms with Crippen LogP contribution in [0.3, 0.4) is 0 Å². The van der Waals surface area contributed by atoms with Gasteiger partial charge in [-0.15, -0.1) is 0 Å². The van der Waals surface area contributed by atoms with E-state index in [4.69, 9.17) is 0 Å². The van der Waals surface area contributed by atoms with Crippen LogP contribution in [0.5, 0.6) is 0 Å². The number of aryl methyl sites for hydroxylation is 2. The standard InChI is InChI=1S/C14H17N3O2S/c1-10-14(9-15-16-10)20(18,19)17-13-8-4-6-11-5-2-3-7-12(11)13/h4,6,8-9,17H,2-3,5,7H2,1H3,(H,15,16). The van der Waals surface area contributed by atoms with Gasteiger partial charge in [0.15, 0.2) is 0 Å². The highest BCUT2D eigenvalue weighted by Gasteiger charge is 2.21. The van der Waals surface area contributed by atoms with Gasteiger partial charge in [-0.25, -0.2) is 8.42 Å². The lowest BCUT2D eigenvalue weighted by atomic mass is 9.91. The Kier molecular flexibility index (Phi) is 3.25. The molecule has 2 N–H and O–H groups in total. The number of rotatable bonds is 3. The fraction of sp³-hybridized carbons (Fsp3) is 0.357. The summed E-state index contributed by atoms with van der Waals surface area (Å²) in [5.74, 6) is 0. The number of benzene rings is 1. The van der Waals surface area contributed by atoms with E-state index in [1.54, 1.807) is 6.92 Å². The molecule has 0 amide bonds. The van der Waals surface area contributed by atoms with Crippen LogP contribution in [0.2, 0.25) is 0 Å². The first-order valence-corrected chi connectivity index (χ1v) is 8.20. The number of aromatic amines is 1. The number of nitrogens with zero attached hydrogens (tertiary/aromatic N) is 1. The van der Waals surface area contributed by atoms with Crippen LogP contribution in [0.25, 0.3) is 0 Å². The molecule has 0 saturated heterocycles. The van der Waals surface area contributed by atoms with Crippen LogP contribution in [0.4, 0.5) is 5.69 Å². The number of hydrogen-bond donors (Lipinski definition) is 2. The molecule has 106 valence electrons. The lowest BCUT2D eigenvalue weighted by Crippen LogP contribution is -2.16. The van der Waals surface area contributed by atoms with Crippen LogP contribution in [-0.2, 0) is 22.9 Å². The molecule has 5 nitrogen and oxygen atoms in total. The molecule has 1 heterocycles. The first-order valence-electron chi connectivity index (χ1n) is 6.71. The van der Waals surface area contributed by atoms with E-state index in [0.29, 0.717) is 11.4 Å². The van der Waals surface area contributed by atoms with Crippen molar-refractivity contribution >= 4 is 15.7 Å². The van der Waals surface area contributed by atoms with Crippen molar-refractivity contribution in [2.24, 2.45) is 0 Å². The SMILES string of the molecule is Cc1[nH]ncc1S(=O)(=O)Nc1cccc2c1CCCC2. The van der Waals surface area contributed by atoms with Gasteiger partial charge in [-0.1, -0.05) is 12.1 Å². The molecule has 0 aliphatic heterocycles. The summed E-state index contributed by atoms with van der Waals surface area (Å²) in [6.45, 7) is 1.70. The van der Waals surface area contributed by atoms with Crippen LogP contribution in [0.15, 0.2) is 29.3 Å². The molecule has 0 spiro atoms. The third-order valence-corrected chi connectivity index (χ3v) is 5.19. The van der Waals surface area contributed by atoms with Gasteiger partial charge in [0.2, 0.25) is 0 Å². The molecular formula is C14H17N3O2S. The van der Waals surface area contributed by atoms with E-state index in [2.05, 4.69) is 21.0 Å². The van der Waals surface area contributed by atoms with Gasteiger partial charge in [-0.3, -0.25) is 9.82 Å². The average molecular weight is 291 g/mol. The number of aromatic nitrogens is 2. The van der Waals surface area contributed by atoms with Crippen molar-refractivity contribution < 1.29 is 8.42 Å². The first kappa shape index (κ1) is 13.2. The van der Waals surface area contributed by atoms with Crippen molar-refractivity contribution in [2.45, 2.75) is 37.5 Å². The van der Waals surface area contributed by atoms with Gasteiger partial charge in [0, 0.05) is 0 Å². The fourth-order valence-corrected chi connectivity index (χ4v) is 3.92. The van der Waals surface area contributed by atoms with E-state index in [9.17, 15) is 8.42 Å². The Hall–Kier alpha value is -1.82. The van der Waals surface area contributed by atoms with Crippen LogP contribution in [0, 0.1) is 6.92 Å². The van der Waals surface area contributed by atoms with Crippen LogP contribution < -0.4 is 4.72 Å². The first-order chi connectivity index (χ1) is 9.58. The fourth-order valence-electron chi connectivity index (χ4n) is 2.69. The molecule has 0 radical (unpaired) electrons. The second kappa shape index (κ2) is 4.94. The van der Waals surface area contributed by atoms with Crippen molar-refractivity contribution in [3.05, 3.63) is 41.2 Å². The molecule has 1 aromatic carbocycles. The number of fused-ring (bicyclic) bond motifs is 1. The highest BCUT2D eigenvalue weighted by molar-refractivity contribution is 7.92. The van der Waals surface area contributed by atoms with Crippen molar-refractivity contribution in [3.63, 3.8) is 0 Å². The van der Waals surface area contributed by atoms with Crippen molar-refractivity contribution in [2.75, 3.05) is 4.72 Å². The lowest BCUT2D eigenvalue weighted by Gasteiger charge is -2.19. The third-order valence-electron chi connectivity index (χ3n) is 3.71. The van der Waals surface area contributed by atoms with Gasteiger partial charge in [0.05, 0.1) is 17.6 Å². The molecule has 2 aromatic rings. The molecule has 1 aromatic heterocycles. The Morgan fingerprint density at radius 3 is 2.80 bits per heavy atom. The molecule has 6 heteroatoms. The predicted octanol–water partition coefficient (Wildman–Crippen LogP) is 2.40. The van der Waals surface area contributed by atoms with Crippen LogP contribution in [0.1, 0.15) is 29.7 Å². The van der Waals surface area contributed by atoms with E-state index in [1.807, 2.05) is 12.1 Å². The minimum absolute atomic E-state index is 0.200. The zero-order chi connectivity index (χ0) is 14.2. The Morgan fingerprint density at radius 2 is 2.05 bits per heavy atom. The Labute approximate surface area is 118 Å². The largest absolute Gasteiger partial charge is 0.281 e. The predicted molar refractivity (Wildman–Crippen MR) is 77.2 cm³/mol. The average Bonchev–Trinajstić information content (AvgIpc) is 2.86. The van der Waals surface area contributed by atoms with E-state index in [0.717, 1.165) is 24.8 Å². The highest BCUT2D eigenvalue weighted by Crippen LogP contribution is 2.29. The molecule has 0 unspecified atom stereocenters. The van der Waals surface area contributed by atoms with Crippen LogP contribution in [-0.4, -0.2) is 18.6 Å². The molecule has 20 heavy (non-hydrogen) atoms. The van der Waals surface area contributed by atoms with E-state index in [1.165, 1.54) is 18.2 Å². The van der Waals surface area contributed by atoms with Gasteiger partial charge in [0.1, 0.15) is 4.90 Å². The second-order valence-electron chi connectivity index (χ2n) is 5.12. The molecule has 0 bridgehead atoms.